The maximum Gasteiger partial charge on any atom is 0.126 e. The van der Waals surface area contributed by atoms with Gasteiger partial charge in [0.2, 0.25) is 0 Å². The van der Waals surface area contributed by atoms with Gasteiger partial charge in [-0.2, -0.15) is 0 Å². The molecule has 0 bridgehead atoms. The molecule has 0 amide bonds. The van der Waals surface area contributed by atoms with Gasteiger partial charge in [-0.25, -0.2) is 4.39 Å². The van der Waals surface area contributed by atoms with Gasteiger partial charge in [-0.1, -0.05) is 39.7 Å². The summed E-state index contributed by atoms with van der Waals surface area (Å²) in [5, 5.41) is 3.77. The Morgan fingerprint density at radius 2 is 2.11 bits per heavy atom. The molecule has 19 heavy (non-hydrogen) atoms. The molecule has 1 unspecified atom stereocenters. The lowest BCUT2D eigenvalue weighted by molar-refractivity contribution is 0.627. The first-order valence-electron chi connectivity index (χ1n) is 6.13. The molecule has 3 rings (SSSR count). The smallest absolute Gasteiger partial charge is 0.126 e. The van der Waals surface area contributed by atoms with Crippen LogP contribution < -0.4 is 5.32 Å². The summed E-state index contributed by atoms with van der Waals surface area (Å²) in [4.78, 5) is 0. The van der Waals surface area contributed by atoms with E-state index >= 15 is 0 Å². The molecule has 0 saturated carbocycles. The van der Waals surface area contributed by atoms with Crippen LogP contribution in [0.1, 0.15) is 23.6 Å². The first-order valence-corrected chi connectivity index (χ1v) is 7.30. The fraction of sp³-hybridized carbons (Fsp3) is 0.200. The SMILES string of the molecule is Fc1cc(Cl)cc(NC2CCc3c(Br)cccc32)c1. The molecule has 4 heteroatoms. The molecule has 2 aromatic rings. The topological polar surface area (TPSA) is 12.0 Å². The molecular formula is C15H12BrClFN. The Labute approximate surface area is 124 Å². The quantitative estimate of drug-likeness (QED) is 0.778. The highest BCUT2D eigenvalue weighted by molar-refractivity contribution is 9.10. The van der Waals surface area contributed by atoms with Crippen molar-refractivity contribution in [1.29, 1.82) is 0 Å². The van der Waals surface area contributed by atoms with Crippen molar-refractivity contribution in [3.63, 3.8) is 0 Å². The second-order valence-corrected chi connectivity index (χ2v) is 5.99. The van der Waals surface area contributed by atoms with Crippen LogP contribution in [-0.4, -0.2) is 0 Å². The molecule has 0 aromatic heterocycles. The van der Waals surface area contributed by atoms with Gasteiger partial charge >= 0.3 is 0 Å². The monoisotopic (exact) mass is 339 g/mol. The minimum absolute atomic E-state index is 0.213. The highest BCUT2D eigenvalue weighted by Crippen LogP contribution is 2.37. The Balaban J connectivity index is 1.89. The summed E-state index contributed by atoms with van der Waals surface area (Å²) in [6, 6.07) is 11.0. The van der Waals surface area contributed by atoms with Gasteiger partial charge in [0.25, 0.3) is 0 Å². The van der Waals surface area contributed by atoms with Crippen molar-refractivity contribution in [2.45, 2.75) is 18.9 Å². The molecule has 2 aromatic carbocycles. The van der Waals surface area contributed by atoms with Gasteiger partial charge < -0.3 is 5.32 Å². The molecule has 0 fully saturated rings. The third-order valence-corrected chi connectivity index (χ3v) is 4.38. The Hall–Kier alpha value is -1.06. The van der Waals surface area contributed by atoms with Crippen molar-refractivity contribution in [3.8, 4) is 0 Å². The lowest BCUT2D eigenvalue weighted by atomic mass is 10.1. The first kappa shape index (κ1) is 12.9. The third-order valence-electron chi connectivity index (χ3n) is 3.42. The molecule has 1 nitrogen and oxygen atoms in total. The average molecular weight is 341 g/mol. The van der Waals surface area contributed by atoms with Crippen LogP contribution in [-0.2, 0) is 6.42 Å². The fourth-order valence-electron chi connectivity index (χ4n) is 2.60. The van der Waals surface area contributed by atoms with Crippen molar-refractivity contribution in [2.24, 2.45) is 0 Å². The molecule has 0 spiro atoms. The summed E-state index contributed by atoms with van der Waals surface area (Å²) >= 11 is 9.45. The van der Waals surface area contributed by atoms with Crippen molar-refractivity contribution in [2.75, 3.05) is 5.32 Å². The predicted octanol–water partition coefficient (Wildman–Crippen LogP) is 5.34. The summed E-state index contributed by atoms with van der Waals surface area (Å²) in [7, 11) is 0. The van der Waals surface area contributed by atoms with E-state index in [2.05, 4.69) is 33.4 Å². The zero-order chi connectivity index (χ0) is 13.4. The Bertz CT molecular complexity index is 609. The summed E-state index contributed by atoms with van der Waals surface area (Å²) < 4.78 is 14.5. The summed E-state index contributed by atoms with van der Waals surface area (Å²) in [5.74, 6) is -0.317. The molecule has 0 heterocycles. The largest absolute Gasteiger partial charge is 0.378 e. The molecule has 0 aliphatic heterocycles. The molecule has 1 atom stereocenters. The van der Waals surface area contributed by atoms with Crippen molar-refractivity contribution in [1.82, 2.24) is 0 Å². The van der Waals surface area contributed by atoms with Crippen molar-refractivity contribution < 1.29 is 4.39 Å². The van der Waals surface area contributed by atoms with Crippen LogP contribution in [0.25, 0.3) is 0 Å². The maximum absolute atomic E-state index is 13.3. The number of rotatable bonds is 2. The van der Waals surface area contributed by atoms with Gasteiger partial charge in [-0.05, 0) is 48.2 Å². The number of anilines is 1. The summed E-state index contributed by atoms with van der Waals surface area (Å²) in [6.45, 7) is 0. The van der Waals surface area contributed by atoms with E-state index in [0.717, 1.165) is 23.0 Å². The van der Waals surface area contributed by atoms with Crippen LogP contribution in [0.4, 0.5) is 10.1 Å². The predicted molar refractivity (Wildman–Crippen MR) is 80.2 cm³/mol. The molecule has 1 N–H and O–H groups in total. The van der Waals surface area contributed by atoms with Crippen LogP contribution in [0, 0.1) is 5.82 Å². The maximum atomic E-state index is 13.3. The van der Waals surface area contributed by atoms with E-state index in [4.69, 9.17) is 11.6 Å². The lowest BCUT2D eigenvalue weighted by Gasteiger charge is -2.16. The number of halogens is 3. The van der Waals surface area contributed by atoms with Crippen molar-refractivity contribution >= 4 is 33.2 Å². The molecule has 0 radical (unpaired) electrons. The molecular weight excluding hydrogens is 329 g/mol. The van der Waals surface area contributed by atoms with Crippen LogP contribution >= 0.6 is 27.5 Å². The molecule has 98 valence electrons. The number of nitrogens with one attached hydrogen (secondary N) is 1. The number of benzene rings is 2. The molecule has 0 saturated heterocycles. The van der Waals surface area contributed by atoms with E-state index in [1.54, 1.807) is 6.07 Å². The normalized spacial score (nSPS) is 17.3. The van der Waals surface area contributed by atoms with E-state index in [1.165, 1.54) is 23.3 Å². The highest BCUT2D eigenvalue weighted by Gasteiger charge is 2.23. The average Bonchev–Trinajstić information content (AvgIpc) is 2.73. The summed E-state index contributed by atoms with van der Waals surface area (Å²) in [6.07, 6.45) is 2.03. The van der Waals surface area contributed by atoms with Gasteiger partial charge in [0.15, 0.2) is 0 Å². The van der Waals surface area contributed by atoms with Crippen LogP contribution in [0.15, 0.2) is 40.9 Å². The Morgan fingerprint density at radius 3 is 2.89 bits per heavy atom. The Kier molecular flexibility index (Phi) is 3.50. The third kappa shape index (κ3) is 2.63. The van der Waals surface area contributed by atoms with Gasteiger partial charge in [-0.3, -0.25) is 0 Å². The fourth-order valence-corrected chi connectivity index (χ4v) is 3.40. The minimum atomic E-state index is -0.317. The lowest BCUT2D eigenvalue weighted by Crippen LogP contribution is -2.07. The Morgan fingerprint density at radius 1 is 1.26 bits per heavy atom. The van der Waals surface area contributed by atoms with E-state index in [1.807, 2.05) is 6.07 Å². The minimum Gasteiger partial charge on any atom is -0.378 e. The zero-order valence-corrected chi connectivity index (χ0v) is 12.4. The second-order valence-electron chi connectivity index (χ2n) is 4.70. The summed E-state index contributed by atoms with van der Waals surface area (Å²) in [5.41, 5.74) is 3.33. The highest BCUT2D eigenvalue weighted by atomic mass is 79.9. The number of fused-ring (bicyclic) bond motifs is 1. The standard InChI is InChI=1S/C15H12BrClFN/c16-14-3-1-2-13-12(14)4-5-15(13)19-11-7-9(17)6-10(18)8-11/h1-3,6-8,15,19H,4-5H2. The van der Waals surface area contributed by atoms with Crippen molar-refractivity contribution in [3.05, 3.63) is 62.8 Å². The van der Waals surface area contributed by atoms with E-state index in [-0.39, 0.29) is 11.9 Å². The molecule has 1 aliphatic carbocycles. The van der Waals surface area contributed by atoms with Gasteiger partial charge in [-0.15, -0.1) is 0 Å². The second kappa shape index (κ2) is 5.14. The zero-order valence-electron chi connectivity index (χ0n) is 10.1. The number of hydrogen-bond acceptors (Lipinski definition) is 1. The van der Waals surface area contributed by atoms with Gasteiger partial charge in [0.1, 0.15) is 5.82 Å². The van der Waals surface area contributed by atoms with E-state index in [0.29, 0.717) is 5.02 Å². The number of hydrogen-bond donors (Lipinski definition) is 1. The van der Waals surface area contributed by atoms with Crippen LogP contribution in [0.3, 0.4) is 0 Å². The van der Waals surface area contributed by atoms with E-state index in [9.17, 15) is 4.39 Å². The first-order chi connectivity index (χ1) is 9.13. The van der Waals surface area contributed by atoms with Gasteiger partial charge in [0, 0.05) is 15.2 Å². The van der Waals surface area contributed by atoms with E-state index < -0.39 is 0 Å². The molecule has 1 aliphatic rings. The van der Waals surface area contributed by atoms with Crippen LogP contribution in [0.5, 0.6) is 0 Å². The van der Waals surface area contributed by atoms with Gasteiger partial charge in [0.05, 0.1) is 6.04 Å². The van der Waals surface area contributed by atoms with Crippen LogP contribution in [0.2, 0.25) is 5.02 Å².